The molecule has 0 aliphatic carbocycles. The molecule has 0 unspecified atom stereocenters. The number of fused-ring (bicyclic) bond motifs is 3. The van der Waals surface area contributed by atoms with Crippen molar-refractivity contribution in [1.29, 1.82) is 0 Å². The van der Waals surface area contributed by atoms with Crippen molar-refractivity contribution in [2.75, 3.05) is 26.2 Å². The first-order valence-corrected chi connectivity index (χ1v) is 8.28. The Bertz CT molecular complexity index is 685. The van der Waals surface area contributed by atoms with Crippen LogP contribution in [0.5, 0.6) is 0 Å². The van der Waals surface area contributed by atoms with E-state index in [9.17, 15) is 4.79 Å². The number of hydrogen-bond acceptors (Lipinski definition) is 1. The number of carbonyl (C=O) groups excluding carboxylic acids is 1. The zero-order valence-electron chi connectivity index (χ0n) is 13.8. The summed E-state index contributed by atoms with van der Waals surface area (Å²) in [5.41, 5.74) is 5.21. The van der Waals surface area contributed by atoms with Crippen molar-refractivity contribution in [3.8, 4) is 0 Å². The predicted molar refractivity (Wildman–Crippen MR) is 90.3 cm³/mol. The number of benzene rings is 1. The van der Waals surface area contributed by atoms with Gasteiger partial charge < -0.3 is 14.8 Å². The van der Waals surface area contributed by atoms with Gasteiger partial charge in [0.05, 0.1) is 0 Å². The van der Waals surface area contributed by atoms with Gasteiger partial charge in [-0.25, -0.2) is 4.79 Å². The van der Waals surface area contributed by atoms with Gasteiger partial charge in [0.2, 0.25) is 0 Å². The highest BCUT2D eigenvalue weighted by Crippen LogP contribution is 2.27. The third-order valence-corrected chi connectivity index (χ3v) is 4.72. The summed E-state index contributed by atoms with van der Waals surface area (Å²) >= 11 is 0. The summed E-state index contributed by atoms with van der Waals surface area (Å²) in [5, 5.41) is 1.33. The van der Waals surface area contributed by atoms with Crippen LogP contribution < -0.4 is 0 Å². The molecule has 3 rings (SSSR count). The van der Waals surface area contributed by atoms with Gasteiger partial charge in [-0.3, -0.25) is 0 Å². The molecule has 1 aliphatic heterocycles. The molecule has 2 aromatic rings. The second-order valence-electron chi connectivity index (χ2n) is 6.07. The molecule has 0 spiro atoms. The van der Waals surface area contributed by atoms with E-state index >= 15 is 0 Å². The summed E-state index contributed by atoms with van der Waals surface area (Å²) in [7, 11) is 0. The highest BCUT2D eigenvalue weighted by molar-refractivity contribution is 5.85. The number of aromatic nitrogens is 1. The summed E-state index contributed by atoms with van der Waals surface area (Å²) in [5.74, 6) is 0. The van der Waals surface area contributed by atoms with E-state index in [1.807, 2.05) is 23.6 Å². The second-order valence-corrected chi connectivity index (χ2v) is 6.07. The van der Waals surface area contributed by atoms with E-state index < -0.39 is 0 Å². The first kappa shape index (κ1) is 14.9. The molecule has 0 saturated carbocycles. The van der Waals surface area contributed by atoms with Crippen LogP contribution in [0.3, 0.4) is 0 Å². The molecular weight excluding hydrogens is 274 g/mol. The van der Waals surface area contributed by atoms with E-state index in [0.717, 1.165) is 39.0 Å². The Morgan fingerprint density at radius 3 is 2.68 bits per heavy atom. The number of H-pyrrole nitrogens is 1. The van der Waals surface area contributed by atoms with Crippen LogP contribution in [-0.2, 0) is 12.8 Å². The third kappa shape index (κ3) is 2.58. The number of aryl methyl sites for hydroxylation is 1. The van der Waals surface area contributed by atoms with Gasteiger partial charge in [-0.2, -0.15) is 0 Å². The zero-order chi connectivity index (χ0) is 15.7. The molecule has 4 nitrogen and oxygen atoms in total. The first-order chi connectivity index (χ1) is 10.6. The van der Waals surface area contributed by atoms with E-state index in [4.69, 9.17) is 0 Å². The largest absolute Gasteiger partial charge is 0.358 e. The number of hydrogen-bond donors (Lipinski definition) is 1. The lowest BCUT2D eigenvalue weighted by Gasteiger charge is -2.28. The summed E-state index contributed by atoms with van der Waals surface area (Å²) in [6.45, 7) is 9.37. The minimum absolute atomic E-state index is 0.177. The average Bonchev–Trinajstić information content (AvgIpc) is 2.72. The van der Waals surface area contributed by atoms with E-state index in [0.29, 0.717) is 0 Å². The fourth-order valence-corrected chi connectivity index (χ4v) is 3.41. The van der Waals surface area contributed by atoms with Gasteiger partial charge in [0, 0.05) is 49.2 Å². The van der Waals surface area contributed by atoms with Gasteiger partial charge in [0.25, 0.3) is 0 Å². The third-order valence-electron chi connectivity index (χ3n) is 4.72. The maximum atomic E-state index is 12.5. The molecule has 2 heterocycles. The van der Waals surface area contributed by atoms with Crippen LogP contribution in [0.25, 0.3) is 10.9 Å². The summed E-state index contributed by atoms with van der Waals surface area (Å²) in [6, 6.07) is 6.74. The van der Waals surface area contributed by atoms with Crippen molar-refractivity contribution < 1.29 is 4.79 Å². The second kappa shape index (κ2) is 6.03. The Morgan fingerprint density at radius 2 is 1.95 bits per heavy atom. The standard InChI is InChI=1S/C18H25N3O/c1-4-20(5-2)18(22)21-10-8-14-15-12-13(3)6-7-16(15)19-17(14)9-11-21/h6-7,12,19H,4-5,8-11H2,1-3H3. The van der Waals surface area contributed by atoms with Crippen LogP contribution in [0.1, 0.15) is 30.7 Å². The van der Waals surface area contributed by atoms with Crippen LogP contribution in [0.4, 0.5) is 4.79 Å². The minimum Gasteiger partial charge on any atom is -0.358 e. The zero-order valence-corrected chi connectivity index (χ0v) is 13.8. The Labute approximate surface area is 132 Å². The van der Waals surface area contributed by atoms with Crippen molar-refractivity contribution in [3.63, 3.8) is 0 Å². The maximum absolute atomic E-state index is 12.5. The van der Waals surface area contributed by atoms with E-state index in [1.54, 1.807) is 0 Å². The number of amides is 2. The topological polar surface area (TPSA) is 39.3 Å². The number of rotatable bonds is 2. The highest BCUT2D eigenvalue weighted by atomic mass is 16.2. The van der Waals surface area contributed by atoms with E-state index in [1.165, 1.54) is 27.7 Å². The number of urea groups is 1. The molecular formula is C18H25N3O. The van der Waals surface area contributed by atoms with Crippen LogP contribution in [0.15, 0.2) is 18.2 Å². The molecule has 1 aromatic heterocycles. The molecule has 118 valence electrons. The molecule has 22 heavy (non-hydrogen) atoms. The lowest BCUT2D eigenvalue weighted by Crippen LogP contribution is -2.44. The number of aromatic amines is 1. The van der Waals surface area contributed by atoms with Crippen molar-refractivity contribution >= 4 is 16.9 Å². The molecule has 4 heteroatoms. The molecule has 1 aromatic carbocycles. The first-order valence-electron chi connectivity index (χ1n) is 8.28. The van der Waals surface area contributed by atoms with Crippen LogP contribution in [0, 0.1) is 6.92 Å². The van der Waals surface area contributed by atoms with Crippen molar-refractivity contribution in [1.82, 2.24) is 14.8 Å². The van der Waals surface area contributed by atoms with Crippen molar-refractivity contribution in [2.24, 2.45) is 0 Å². The van der Waals surface area contributed by atoms with Gasteiger partial charge >= 0.3 is 6.03 Å². The van der Waals surface area contributed by atoms with Crippen LogP contribution >= 0.6 is 0 Å². The fraction of sp³-hybridized carbons (Fsp3) is 0.500. The fourth-order valence-electron chi connectivity index (χ4n) is 3.41. The predicted octanol–water partition coefficient (Wildman–Crippen LogP) is 3.34. The Kier molecular flexibility index (Phi) is 4.10. The maximum Gasteiger partial charge on any atom is 0.320 e. The van der Waals surface area contributed by atoms with Gasteiger partial charge in [-0.15, -0.1) is 0 Å². The van der Waals surface area contributed by atoms with Crippen molar-refractivity contribution in [2.45, 2.75) is 33.6 Å². The van der Waals surface area contributed by atoms with Crippen LogP contribution in [0.2, 0.25) is 0 Å². The molecule has 0 radical (unpaired) electrons. The van der Waals surface area contributed by atoms with Crippen molar-refractivity contribution in [3.05, 3.63) is 35.0 Å². The van der Waals surface area contributed by atoms with E-state index in [-0.39, 0.29) is 6.03 Å². The highest BCUT2D eigenvalue weighted by Gasteiger charge is 2.23. The molecule has 1 N–H and O–H groups in total. The molecule has 0 atom stereocenters. The molecule has 2 amide bonds. The number of nitrogens with zero attached hydrogens (tertiary/aromatic N) is 2. The van der Waals surface area contributed by atoms with Gasteiger partial charge in [-0.1, -0.05) is 11.6 Å². The van der Waals surface area contributed by atoms with Gasteiger partial charge in [0.15, 0.2) is 0 Å². The van der Waals surface area contributed by atoms with E-state index in [2.05, 4.69) is 30.1 Å². The SMILES string of the molecule is CCN(CC)C(=O)N1CCc2[nH]c3ccc(C)cc3c2CC1. The lowest BCUT2D eigenvalue weighted by molar-refractivity contribution is 0.159. The molecule has 0 saturated heterocycles. The minimum atomic E-state index is 0.177. The van der Waals surface area contributed by atoms with Gasteiger partial charge in [-0.05, 0) is 44.9 Å². The summed E-state index contributed by atoms with van der Waals surface area (Å²) in [4.78, 5) is 20.0. The lowest BCUT2D eigenvalue weighted by atomic mass is 10.1. The number of nitrogens with one attached hydrogen (secondary N) is 1. The molecule has 1 aliphatic rings. The Hall–Kier alpha value is -1.97. The quantitative estimate of drug-likeness (QED) is 0.907. The summed E-state index contributed by atoms with van der Waals surface area (Å²) < 4.78 is 0. The summed E-state index contributed by atoms with van der Waals surface area (Å²) in [6.07, 6.45) is 1.85. The normalized spacial score (nSPS) is 14.8. The monoisotopic (exact) mass is 299 g/mol. The molecule has 0 bridgehead atoms. The number of carbonyl (C=O) groups is 1. The molecule has 0 fully saturated rings. The van der Waals surface area contributed by atoms with Gasteiger partial charge in [0.1, 0.15) is 0 Å². The van der Waals surface area contributed by atoms with Crippen LogP contribution in [-0.4, -0.2) is 47.0 Å². The Morgan fingerprint density at radius 1 is 1.23 bits per heavy atom. The average molecular weight is 299 g/mol. The Balaban J connectivity index is 1.84. The smallest absolute Gasteiger partial charge is 0.320 e.